The van der Waals surface area contributed by atoms with Gasteiger partial charge in [-0.25, -0.2) is 5.48 Å². The molecule has 1 fully saturated rings. The lowest BCUT2D eigenvalue weighted by molar-refractivity contribution is -0.135. The Kier molecular flexibility index (Phi) is 5.56. The molecule has 0 heterocycles. The average Bonchev–Trinajstić information content (AvgIpc) is 2.65. The molecule has 0 saturated heterocycles. The van der Waals surface area contributed by atoms with E-state index < -0.39 is 0 Å². The third-order valence-corrected chi connectivity index (χ3v) is 2.52. The number of hydroxylamine groups is 1. The van der Waals surface area contributed by atoms with Crippen LogP contribution in [0.3, 0.4) is 0 Å². The zero-order chi connectivity index (χ0) is 10.2. The number of carbonyl (C=O) groups excluding carboxylic acids is 1. The molecule has 0 unspecified atom stereocenters. The second-order valence-corrected chi connectivity index (χ2v) is 3.72. The van der Waals surface area contributed by atoms with E-state index >= 15 is 0 Å². The van der Waals surface area contributed by atoms with Crippen molar-refractivity contribution in [1.82, 2.24) is 5.48 Å². The van der Waals surface area contributed by atoms with Gasteiger partial charge in [0.05, 0.1) is 13.2 Å². The molecule has 0 aliphatic heterocycles. The summed E-state index contributed by atoms with van der Waals surface area (Å²) in [5, 5.41) is 0. The topological polar surface area (TPSA) is 47.6 Å². The van der Waals surface area contributed by atoms with Crippen molar-refractivity contribution in [3.8, 4) is 0 Å². The number of amides is 1. The van der Waals surface area contributed by atoms with E-state index in [1.807, 2.05) is 0 Å². The minimum absolute atomic E-state index is 0.00648. The molecule has 0 aromatic carbocycles. The van der Waals surface area contributed by atoms with Crippen LogP contribution in [-0.4, -0.2) is 26.2 Å². The standard InChI is InChI=1S/C10H19NO3/c1-13-6-7-14-11-10(12)8-9-4-2-3-5-9/h9H,2-8H2,1H3,(H,11,12). The van der Waals surface area contributed by atoms with Gasteiger partial charge in [0.25, 0.3) is 0 Å². The van der Waals surface area contributed by atoms with Gasteiger partial charge in [-0.3, -0.25) is 9.63 Å². The quantitative estimate of drug-likeness (QED) is 0.520. The van der Waals surface area contributed by atoms with Crippen molar-refractivity contribution < 1.29 is 14.4 Å². The number of hydrogen-bond acceptors (Lipinski definition) is 3. The highest BCUT2D eigenvalue weighted by atomic mass is 16.7. The number of ether oxygens (including phenoxy) is 1. The van der Waals surface area contributed by atoms with Crippen LogP contribution in [0.5, 0.6) is 0 Å². The van der Waals surface area contributed by atoms with Crippen molar-refractivity contribution in [2.75, 3.05) is 20.3 Å². The monoisotopic (exact) mass is 201 g/mol. The third-order valence-electron chi connectivity index (χ3n) is 2.52. The van der Waals surface area contributed by atoms with Crippen LogP contribution in [0, 0.1) is 5.92 Å². The Balaban J connectivity index is 1.98. The zero-order valence-electron chi connectivity index (χ0n) is 8.75. The first-order chi connectivity index (χ1) is 6.83. The Labute approximate surface area is 84.9 Å². The summed E-state index contributed by atoms with van der Waals surface area (Å²) in [5.74, 6) is 0.564. The first-order valence-electron chi connectivity index (χ1n) is 5.22. The highest BCUT2D eigenvalue weighted by Crippen LogP contribution is 2.27. The van der Waals surface area contributed by atoms with Crippen LogP contribution < -0.4 is 5.48 Å². The van der Waals surface area contributed by atoms with Gasteiger partial charge >= 0.3 is 0 Å². The van der Waals surface area contributed by atoms with Crippen molar-refractivity contribution in [3.05, 3.63) is 0 Å². The fourth-order valence-corrected chi connectivity index (χ4v) is 1.77. The maximum Gasteiger partial charge on any atom is 0.243 e. The SMILES string of the molecule is COCCONC(=O)CC1CCCC1. The Morgan fingerprint density at radius 1 is 1.36 bits per heavy atom. The highest BCUT2D eigenvalue weighted by Gasteiger charge is 2.18. The van der Waals surface area contributed by atoms with Crippen LogP contribution >= 0.6 is 0 Å². The molecule has 1 aliphatic carbocycles. The van der Waals surface area contributed by atoms with E-state index in [9.17, 15) is 4.79 Å². The molecular formula is C10H19NO3. The van der Waals surface area contributed by atoms with Gasteiger partial charge in [-0.15, -0.1) is 0 Å². The number of hydrogen-bond donors (Lipinski definition) is 1. The predicted octanol–water partition coefficient (Wildman–Crippen LogP) is 1.26. The first-order valence-corrected chi connectivity index (χ1v) is 5.22. The van der Waals surface area contributed by atoms with Gasteiger partial charge in [0.15, 0.2) is 0 Å². The van der Waals surface area contributed by atoms with Crippen molar-refractivity contribution in [2.24, 2.45) is 5.92 Å². The van der Waals surface area contributed by atoms with Gasteiger partial charge in [0.2, 0.25) is 5.91 Å². The average molecular weight is 201 g/mol. The highest BCUT2D eigenvalue weighted by molar-refractivity contribution is 5.75. The summed E-state index contributed by atoms with van der Waals surface area (Å²) in [5.41, 5.74) is 2.43. The normalized spacial score (nSPS) is 17.2. The van der Waals surface area contributed by atoms with Gasteiger partial charge < -0.3 is 4.74 Å². The molecule has 4 nitrogen and oxygen atoms in total. The third kappa shape index (κ3) is 4.58. The second-order valence-electron chi connectivity index (χ2n) is 3.72. The minimum atomic E-state index is -0.00648. The number of carbonyl (C=O) groups is 1. The molecule has 0 bridgehead atoms. The van der Waals surface area contributed by atoms with Crippen LogP contribution in [-0.2, 0) is 14.4 Å². The summed E-state index contributed by atoms with van der Waals surface area (Å²) < 4.78 is 4.78. The van der Waals surface area contributed by atoms with Crippen molar-refractivity contribution >= 4 is 5.91 Å². The molecule has 1 saturated carbocycles. The summed E-state index contributed by atoms with van der Waals surface area (Å²) in [6.45, 7) is 0.913. The number of rotatable bonds is 6. The van der Waals surface area contributed by atoms with Crippen LogP contribution in [0.15, 0.2) is 0 Å². The molecule has 1 amide bonds. The number of methoxy groups -OCH3 is 1. The molecule has 0 atom stereocenters. The van der Waals surface area contributed by atoms with Crippen LogP contribution in [0.2, 0.25) is 0 Å². The van der Waals surface area contributed by atoms with Crippen molar-refractivity contribution in [2.45, 2.75) is 32.1 Å². The Morgan fingerprint density at radius 3 is 2.71 bits per heavy atom. The Hall–Kier alpha value is -0.610. The lowest BCUT2D eigenvalue weighted by Crippen LogP contribution is -2.26. The maximum atomic E-state index is 11.3. The first kappa shape index (κ1) is 11.5. The lowest BCUT2D eigenvalue weighted by Gasteiger charge is -2.09. The van der Waals surface area contributed by atoms with E-state index in [1.165, 1.54) is 25.7 Å². The van der Waals surface area contributed by atoms with E-state index in [0.717, 1.165) is 0 Å². The Morgan fingerprint density at radius 2 is 2.07 bits per heavy atom. The second kappa shape index (κ2) is 6.79. The van der Waals surface area contributed by atoms with E-state index in [0.29, 0.717) is 25.6 Å². The van der Waals surface area contributed by atoms with E-state index in [1.54, 1.807) is 7.11 Å². The van der Waals surface area contributed by atoms with E-state index in [2.05, 4.69) is 5.48 Å². The minimum Gasteiger partial charge on any atom is -0.382 e. The predicted molar refractivity (Wildman–Crippen MR) is 52.5 cm³/mol. The molecule has 4 heteroatoms. The van der Waals surface area contributed by atoms with Gasteiger partial charge in [-0.05, 0) is 18.8 Å². The van der Waals surface area contributed by atoms with Crippen LogP contribution in [0.25, 0.3) is 0 Å². The molecule has 1 rings (SSSR count). The molecule has 0 aromatic heterocycles. The molecular weight excluding hydrogens is 182 g/mol. The summed E-state index contributed by atoms with van der Waals surface area (Å²) in [4.78, 5) is 16.2. The molecule has 1 aliphatic rings. The van der Waals surface area contributed by atoms with Gasteiger partial charge in [-0.2, -0.15) is 0 Å². The van der Waals surface area contributed by atoms with Gasteiger partial charge in [0.1, 0.15) is 0 Å². The maximum absolute atomic E-state index is 11.3. The van der Waals surface area contributed by atoms with Gasteiger partial charge in [-0.1, -0.05) is 12.8 Å². The van der Waals surface area contributed by atoms with Gasteiger partial charge in [0, 0.05) is 13.5 Å². The molecule has 1 N–H and O–H groups in total. The summed E-state index contributed by atoms with van der Waals surface area (Å²) >= 11 is 0. The number of nitrogens with one attached hydrogen (secondary N) is 1. The molecule has 0 aromatic rings. The summed E-state index contributed by atoms with van der Waals surface area (Å²) in [6, 6.07) is 0. The molecule has 82 valence electrons. The smallest absolute Gasteiger partial charge is 0.243 e. The largest absolute Gasteiger partial charge is 0.382 e. The van der Waals surface area contributed by atoms with Crippen molar-refractivity contribution in [3.63, 3.8) is 0 Å². The zero-order valence-corrected chi connectivity index (χ0v) is 8.75. The molecule has 0 spiro atoms. The van der Waals surface area contributed by atoms with Crippen LogP contribution in [0.4, 0.5) is 0 Å². The summed E-state index contributed by atoms with van der Waals surface area (Å²) in [7, 11) is 1.60. The fraction of sp³-hybridized carbons (Fsp3) is 0.900. The molecule has 0 radical (unpaired) electrons. The van der Waals surface area contributed by atoms with E-state index in [4.69, 9.17) is 9.57 Å². The van der Waals surface area contributed by atoms with Crippen molar-refractivity contribution in [1.29, 1.82) is 0 Å². The Bertz CT molecular complexity index is 167. The molecule has 14 heavy (non-hydrogen) atoms. The lowest BCUT2D eigenvalue weighted by atomic mass is 10.0. The van der Waals surface area contributed by atoms with Crippen LogP contribution in [0.1, 0.15) is 32.1 Å². The summed E-state index contributed by atoms with van der Waals surface area (Å²) in [6.07, 6.45) is 5.51. The fourth-order valence-electron chi connectivity index (χ4n) is 1.77. The van der Waals surface area contributed by atoms with E-state index in [-0.39, 0.29) is 5.91 Å².